The second-order valence-electron chi connectivity index (χ2n) is 18.2. The van der Waals surface area contributed by atoms with Crippen molar-refractivity contribution in [1.82, 2.24) is 29.7 Å². The lowest BCUT2D eigenvalue weighted by Gasteiger charge is -2.47. The molecule has 12 nitrogen and oxygen atoms in total. The summed E-state index contributed by atoms with van der Waals surface area (Å²) < 4.78 is 29.1. The van der Waals surface area contributed by atoms with E-state index in [1.807, 2.05) is 61.9 Å². The van der Waals surface area contributed by atoms with E-state index in [-0.39, 0.29) is 33.9 Å². The number of nitrogens with one attached hydrogen (secondary N) is 2. The van der Waals surface area contributed by atoms with Crippen LogP contribution in [0.4, 0.5) is 10.1 Å². The van der Waals surface area contributed by atoms with Crippen LogP contribution in [0.1, 0.15) is 94.9 Å². The van der Waals surface area contributed by atoms with Crippen molar-refractivity contribution >= 4 is 35.9 Å². The Bertz CT molecular complexity index is 2390. The molecule has 5 aliphatic rings. The number of hydrogen-bond donors (Lipinski definition) is 2. The van der Waals surface area contributed by atoms with Crippen LogP contribution in [0.25, 0.3) is 23.0 Å². The van der Waals surface area contributed by atoms with E-state index < -0.39 is 5.83 Å². The minimum Gasteiger partial charge on any atom is -0.496 e. The Morgan fingerprint density at radius 1 is 1.05 bits per heavy atom. The maximum absolute atomic E-state index is 15.9. The standard InChI is InChI=1S/C47H54FN7O5/c1-30-32(19-36(48)38-20-41(59-4)33(22-49-38)23-55-27-46(28-55)21-42(57)50-26-46)7-5-8-34(30)35-9-6-10-37(31(35)2)52-44(58)43-51-39-24-54(17-11-40(39)53(43)3)18-16-45-12-14-47(25-45,15-13-45)60-29-56/h5-10,19-20,22,29H,11-18,21,23-28H2,1-4H3,(H,50,57)(H,52,58)/b36-19-. The van der Waals surface area contributed by atoms with Crippen LogP contribution < -0.4 is 15.4 Å². The number of carbonyl (C=O) groups excluding carboxylic acids is 3. The van der Waals surface area contributed by atoms with Gasteiger partial charge in [0.15, 0.2) is 5.82 Å². The number of imidazole rings is 1. The van der Waals surface area contributed by atoms with E-state index in [0.717, 1.165) is 110 Å². The normalized spacial score (nSPS) is 23.4. The van der Waals surface area contributed by atoms with Gasteiger partial charge in [-0.25, -0.2) is 9.37 Å². The van der Waals surface area contributed by atoms with Gasteiger partial charge in [0, 0.05) is 93.8 Å². The van der Waals surface area contributed by atoms with Crippen LogP contribution in [0, 0.1) is 24.7 Å². The van der Waals surface area contributed by atoms with Crippen LogP contribution in [0.5, 0.6) is 5.75 Å². The molecule has 1 spiro atoms. The molecule has 60 heavy (non-hydrogen) atoms. The van der Waals surface area contributed by atoms with E-state index in [9.17, 15) is 14.4 Å². The molecule has 3 aliphatic heterocycles. The van der Waals surface area contributed by atoms with Crippen molar-refractivity contribution in [2.24, 2.45) is 17.9 Å². The number of anilines is 1. The molecule has 2 aromatic heterocycles. The van der Waals surface area contributed by atoms with Crippen molar-refractivity contribution in [3.05, 3.63) is 93.8 Å². The second-order valence-corrected chi connectivity index (χ2v) is 18.2. The minimum atomic E-state index is -0.475. The lowest BCUT2D eigenvalue weighted by molar-refractivity contribution is -0.142. The monoisotopic (exact) mass is 815 g/mol. The summed E-state index contributed by atoms with van der Waals surface area (Å²) in [7, 11) is 3.50. The Kier molecular flexibility index (Phi) is 10.4. The topological polar surface area (TPSA) is 131 Å². The van der Waals surface area contributed by atoms with Crippen molar-refractivity contribution in [3.8, 4) is 16.9 Å². The summed E-state index contributed by atoms with van der Waals surface area (Å²) in [6.07, 6.45) is 10.8. The number of carbonyl (C=O) groups is 3. The maximum atomic E-state index is 15.9. The summed E-state index contributed by atoms with van der Waals surface area (Å²) in [5.74, 6) is 0.333. The van der Waals surface area contributed by atoms with Gasteiger partial charge >= 0.3 is 0 Å². The molecule has 2 bridgehead atoms. The van der Waals surface area contributed by atoms with Gasteiger partial charge in [-0.1, -0.05) is 30.3 Å². The minimum absolute atomic E-state index is 0.0205. The van der Waals surface area contributed by atoms with Crippen molar-refractivity contribution in [2.75, 3.05) is 45.2 Å². The van der Waals surface area contributed by atoms with Gasteiger partial charge in [0.25, 0.3) is 12.4 Å². The Labute approximate surface area is 350 Å². The summed E-state index contributed by atoms with van der Waals surface area (Å²) in [4.78, 5) is 50.8. The number of rotatable bonds is 13. The summed E-state index contributed by atoms with van der Waals surface area (Å²) in [6.45, 7) is 10.2. The first-order chi connectivity index (χ1) is 28.9. The van der Waals surface area contributed by atoms with E-state index in [4.69, 9.17) is 14.5 Å². The van der Waals surface area contributed by atoms with Crippen molar-refractivity contribution < 1.29 is 28.2 Å². The number of ether oxygens (including phenoxy) is 2. The molecular weight excluding hydrogens is 762 g/mol. The van der Waals surface area contributed by atoms with Crippen molar-refractivity contribution in [1.29, 1.82) is 0 Å². The maximum Gasteiger partial charge on any atom is 0.293 e. The number of nitrogens with zero attached hydrogens (tertiary/aromatic N) is 5. The van der Waals surface area contributed by atoms with Crippen molar-refractivity contribution in [3.63, 3.8) is 0 Å². The molecule has 5 heterocycles. The Hall–Kier alpha value is -5.40. The fourth-order valence-electron chi connectivity index (χ4n) is 10.9. The number of benzene rings is 2. The zero-order chi connectivity index (χ0) is 41.8. The van der Waals surface area contributed by atoms with Gasteiger partial charge in [0.2, 0.25) is 5.91 Å². The van der Waals surface area contributed by atoms with Crippen LogP contribution in [0.15, 0.2) is 48.7 Å². The van der Waals surface area contributed by atoms with Gasteiger partial charge in [-0.15, -0.1) is 0 Å². The van der Waals surface area contributed by atoms with E-state index in [2.05, 4.69) is 25.4 Å². The molecule has 2 aliphatic carbocycles. The summed E-state index contributed by atoms with van der Waals surface area (Å²) in [5, 5.41) is 6.08. The van der Waals surface area contributed by atoms with Gasteiger partial charge in [-0.2, -0.15) is 0 Å². The molecule has 4 fully saturated rings. The number of likely N-dealkylation sites (tertiary alicyclic amines) is 1. The highest BCUT2D eigenvalue weighted by atomic mass is 19.1. The molecule has 2 amide bonds. The lowest BCUT2D eigenvalue weighted by atomic mass is 9.79. The zero-order valence-electron chi connectivity index (χ0n) is 35.0. The van der Waals surface area contributed by atoms with Gasteiger partial charge < -0.3 is 24.7 Å². The van der Waals surface area contributed by atoms with Crippen LogP contribution in [0.2, 0.25) is 0 Å². The highest BCUT2D eigenvalue weighted by molar-refractivity contribution is 6.03. The van der Waals surface area contributed by atoms with E-state index in [1.54, 1.807) is 19.4 Å². The van der Waals surface area contributed by atoms with Crippen LogP contribution >= 0.6 is 0 Å². The van der Waals surface area contributed by atoms with E-state index >= 15 is 4.39 Å². The third-order valence-electron chi connectivity index (χ3n) is 14.4. The summed E-state index contributed by atoms with van der Waals surface area (Å²) in [6, 6.07) is 13.3. The quantitative estimate of drug-likeness (QED) is 0.141. The third kappa shape index (κ3) is 7.40. The zero-order valence-corrected chi connectivity index (χ0v) is 35.0. The molecule has 0 atom stereocenters. The molecule has 2 aromatic carbocycles. The summed E-state index contributed by atoms with van der Waals surface area (Å²) in [5.41, 5.74) is 8.20. The number of methoxy groups -OCH3 is 1. The number of pyridine rings is 1. The first-order valence-corrected chi connectivity index (χ1v) is 21.2. The van der Waals surface area contributed by atoms with Gasteiger partial charge in [0.05, 0.1) is 12.8 Å². The molecule has 0 unspecified atom stereocenters. The Morgan fingerprint density at radius 2 is 1.82 bits per heavy atom. The third-order valence-corrected chi connectivity index (χ3v) is 14.4. The van der Waals surface area contributed by atoms with Crippen LogP contribution in [-0.4, -0.2) is 88.1 Å². The number of aromatic nitrogens is 3. The molecule has 314 valence electrons. The van der Waals surface area contributed by atoms with Crippen LogP contribution in [0.3, 0.4) is 0 Å². The first kappa shape index (κ1) is 40.0. The molecule has 2 N–H and O–H groups in total. The Balaban J connectivity index is 0.861. The average Bonchev–Trinajstić information content (AvgIpc) is 3.99. The molecule has 2 saturated heterocycles. The predicted octanol–water partition coefficient (Wildman–Crippen LogP) is 6.77. The number of amides is 2. The van der Waals surface area contributed by atoms with E-state index in [1.165, 1.54) is 6.08 Å². The molecule has 4 aromatic rings. The summed E-state index contributed by atoms with van der Waals surface area (Å²) >= 11 is 0. The SMILES string of the molecule is COc1cc(/C(F)=C/c2cccc(-c3cccc(NC(=O)c4nc5c(n4C)CCN(CCC46CCC(OC=O)(CC4)C6)C5)c3C)c2C)ncc1CN1CC2(CNC(=O)C2)C1. The molecule has 2 saturated carbocycles. The largest absolute Gasteiger partial charge is 0.496 e. The molecule has 13 heteroatoms. The Morgan fingerprint density at radius 3 is 2.55 bits per heavy atom. The van der Waals surface area contributed by atoms with Gasteiger partial charge in [-0.3, -0.25) is 29.2 Å². The molecule has 0 radical (unpaired) electrons. The van der Waals surface area contributed by atoms with Gasteiger partial charge in [0.1, 0.15) is 22.9 Å². The van der Waals surface area contributed by atoms with Crippen molar-refractivity contribution in [2.45, 2.75) is 83.9 Å². The predicted molar refractivity (Wildman–Crippen MR) is 227 cm³/mol. The van der Waals surface area contributed by atoms with E-state index in [0.29, 0.717) is 55.4 Å². The second kappa shape index (κ2) is 15.6. The van der Waals surface area contributed by atoms with Gasteiger partial charge in [-0.05, 0) is 104 Å². The number of fused-ring (bicyclic) bond motifs is 3. The fraction of sp³-hybridized carbons (Fsp3) is 0.468. The fourth-order valence-corrected chi connectivity index (χ4v) is 10.9. The smallest absolute Gasteiger partial charge is 0.293 e. The average molecular weight is 816 g/mol. The molecular formula is C47H54FN7O5. The number of hydrogen-bond acceptors (Lipinski definition) is 9. The first-order valence-electron chi connectivity index (χ1n) is 21.2. The highest BCUT2D eigenvalue weighted by Gasteiger charge is 2.55. The molecule has 9 rings (SSSR count). The highest BCUT2D eigenvalue weighted by Crippen LogP contribution is 2.59. The lowest BCUT2D eigenvalue weighted by Crippen LogP contribution is -2.56. The van der Waals surface area contributed by atoms with Crippen LogP contribution in [-0.2, 0) is 40.9 Å². The number of halogens is 1.